The number of carbonyl (C=O) groups is 1. The van der Waals surface area contributed by atoms with E-state index in [1.165, 1.54) is 36.4 Å². The first-order chi connectivity index (χ1) is 19.5. The lowest BCUT2D eigenvalue weighted by Gasteiger charge is -2.36. The summed E-state index contributed by atoms with van der Waals surface area (Å²) in [5.41, 5.74) is -2.80. The summed E-state index contributed by atoms with van der Waals surface area (Å²) in [4.78, 5) is 13.6. The second-order valence-electron chi connectivity index (χ2n) is 10.1. The van der Waals surface area contributed by atoms with E-state index in [4.69, 9.17) is 28.4 Å². The molecular weight excluding hydrogens is 545 g/mol. The van der Waals surface area contributed by atoms with Crippen molar-refractivity contribution < 1.29 is 51.5 Å². The van der Waals surface area contributed by atoms with Crippen molar-refractivity contribution in [1.29, 1.82) is 0 Å². The average Bonchev–Trinajstić information content (AvgIpc) is 3.60. The molecule has 41 heavy (non-hydrogen) atoms. The summed E-state index contributed by atoms with van der Waals surface area (Å²) in [6, 6.07) is 14.6. The zero-order valence-corrected chi connectivity index (χ0v) is 22.6. The molecule has 0 fully saturated rings. The summed E-state index contributed by atoms with van der Waals surface area (Å²) >= 11 is 0. The van der Waals surface area contributed by atoms with Gasteiger partial charge in [0.25, 0.3) is 5.60 Å². The van der Waals surface area contributed by atoms with Crippen molar-refractivity contribution >= 4 is 5.97 Å². The van der Waals surface area contributed by atoms with Gasteiger partial charge in [0.05, 0.1) is 0 Å². The van der Waals surface area contributed by atoms with Crippen LogP contribution < -0.4 is 18.9 Å². The van der Waals surface area contributed by atoms with Crippen LogP contribution >= 0.6 is 0 Å². The van der Waals surface area contributed by atoms with Crippen molar-refractivity contribution in [1.82, 2.24) is 0 Å². The number of halogens is 3. The van der Waals surface area contributed by atoms with Crippen molar-refractivity contribution in [2.24, 2.45) is 11.8 Å². The number of alkyl halides is 3. The van der Waals surface area contributed by atoms with Gasteiger partial charge in [0.2, 0.25) is 13.6 Å². The van der Waals surface area contributed by atoms with Crippen LogP contribution in [0.4, 0.5) is 13.2 Å². The second-order valence-corrected chi connectivity index (χ2v) is 10.1. The van der Waals surface area contributed by atoms with Crippen molar-refractivity contribution in [3.63, 3.8) is 0 Å². The molecule has 3 aromatic carbocycles. The van der Waals surface area contributed by atoms with Gasteiger partial charge in [-0.3, -0.25) is 0 Å². The fraction of sp³-hybridized carbons (Fsp3) is 0.367. The number of rotatable bonds is 9. The van der Waals surface area contributed by atoms with E-state index in [0.29, 0.717) is 40.5 Å². The first-order valence-corrected chi connectivity index (χ1v) is 12.9. The van der Waals surface area contributed by atoms with E-state index in [1.807, 2.05) is 6.92 Å². The lowest BCUT2D eigenvalue weighted by molar-refractivity contribution is -0.279. The van der Waals surface area contributed by atoms with Gasteiger partial charge in [-0.2, -0.15) is 13.2 Å². The molecule has 2 aliphatic rings. The molecule has 0 amide bonds. The molecule has 5 rings (SSSR count). The van der Waals surface area contributed by atoms with Gasteiger partial charge in [-0.05, 0) is 41.7 Å². The average molecular weight is 575 g/mol. The maximum Gasteiger partial charge on any atom is 0.432 e. The minimum atomic E-state index is -5.13. The van der Waals surface area contributed by atoms with E-state index in [1.54, 1.807) is 31.2 Å². The number of phenolic OH excluding ortho intramolecular Hbond substituents is 1. The molecule has 3 aromatic rings. The number of fused-ring (bicyclic) bond motifs is 2. The molecule has 0 saturated carbocycles. The molecule has 0 saturated heterocycles. The topological polar surface area (TPSA) is 92.7 Å². The van der Waals surface area contributed by atoms with Gasteiger partial charge in [-0.25, -0.2) is 4.79 Å². The summed E-state index contributed by atoms with van der Waals surface area (Å²) in [5.74, 6) is -0.704. The normalized spacial score (nSPS) is 17.4. The largest absolute Gasteiger partial charge is 0.508 e. The van der Waals surface area contributed by atoms with Gasteiger partial charge in [-0.1, -0.05) is 50.2 Å². The number of esters is 1. The predicted octanol–water partition coefficient (Wildman–Crippen LogP) is 6.05. The molecule has 4 atom stereocenters. The lowest BCUT2D eigenvalue weighted by atomic mass is 9.82. The van der Waals surface area contributed by atoms with Gasteiger partial charge in [0, 0.05) is 24.7 Å². The zero-order valence-electron chi connectivity index (χ0n) is 22.6. The van der Waals surface area contributed by atoms with Gasteiger partial charge in [0.15, 0.2) is 23.0 Å². The van der Waals surface area contributed by atoms with Gasteiger partial charge < -0.3 is 33.5 Å². The third-order valence-corrected chi connectivity index (χ3v) is 7.62. The van der Waals surface area contributed by atoms with Crippen LogP contribution in [0.3, 0.4) is 0 Å². The molecule has 1 N–H and O–H groups in total. The molecule has 0 radical (unpaired) electrons. The van der Waals surface area contributed by atoms with E-state index in [2.05, 4.69) is 0 Å². The van der Waals surface area contributed by atoms with Crippen LogP contribution in [0, 0.1) is 11.8 Å². The highest BCUT2D eigenvalue weighted by Crippen LogP contribution is 2.46. The third-order valence-electron chi connectivity index (χ3n) is 7.62. The van der Waals surface area contributed by atoms with E-state index in [0.717, 1.165) is 7.11 Å². The Kier molecular flexibility index (Phi) is 7.65. The van der Waals surface area contributed by atoms with Crippen LogP contribution in [0.5, 0.6) is 28.7 Å². The fourth-order valence-electron chi connectivity index (χ4n) is 5.12. The third kappa shape index (κ3) is 5.21. The summed E-state index contributed by atoms with van der Waals surface area (Å²) in [7, 11) is 0.825. The maximum atomic E-state index is 14.6. The Balaban J connectivity index is 1.50. The summed E-state index contributed by atoms with van der Waals surface area (Å²) in [6.07, 6.45) is -5.98. The number of phenols is 1. The molecule has 8 nitrogen and oxygen atoms in total. The van der Waals surface area contributed by atoms with Crippen LogP contribution in [-0.4, -0.2) is 37.9 Å². The highest BCUT2D eigenvalue weighted by atomic mass is 19.4. The maximum absolute atomic E-state index is 14.6. The molecule has 2 heterocycles. The van der Waals surface area contributed by atoms with Gasteiger partial charge in [-0.15, -0.1) is 0 Å². The number of carbonyl (C=O) groups excluding carboxylic acids is 1. The number of hydrogen-bond donors (Lipinski definition) is 1. The summed E-state index contributed by atoms with van der Waals surface area (Å²) in [6.45, 7) is 3.65. The Bertz CT molecular complexity index is 1410. The summed E-state index contributed by atoms with van der Waals surface area (Å²) < 4.78 is 76.2. The van der Waals surface area contributed by atoms with Crippen LogP contribution in [0.15, 0.2) is 60.7 Å². The number of hydrogen-bond acceptors (Lipinski definition) is 8. The molecular formula is C30H29F3O8. The molecule has 0 unspecified atom stereocenters. The Labute approximate surface area is 234 Å². The van der Waals surface area contributed by atoms with Crippen LogP contribution in [-0.2, 0) is 26.3 Å². The molecule has 218 valence electrons. The zero-order chi connectivity index (χ0) is 29.4. The van der Waals surface area contributed by atoms with Crippen LogP contribution in [0.25, 0.3) is 0 Å². The van der Waals surface area contributed by atoms with Crippen LogP contribution in [0.1, 0.15) is 36.6 Å². The Morgan fingerprint density at radius 3 is 2.15 bits per heavy atom. The fourth-order valence-corrected chi connectivity index (χ4v) is 5.12. The van der Waals surface area contributed by atoms with Crippen molar-refractivity contribution in [2.45, 2.75) is 38.1 Å². The van der Waals surface area contributed by atoms with E-state index >= 15 is 0 Å². The number of aromatic hydroxyl groups is 1. The Hall–Kier alpha value is -4.12. The first-order valence-electron chi connectivity index (χ1n) is 12.9. The highest BCUT2D eigenvalue weighted by molar-refractivity contribution is 5.83. The minimum absolute atomic E-state index is 0.00649. The van der Waals surface area contributed by atoms with E-state index in [-0.39, 0.29) is 25.3 Å². The van der Waals surface area contributed by atoms with Crippen molar-refractivity contribution in [3.8, 4) is 28.7 Å². The molecule has 2 aliphatic heterocycles. The van der Waals surface area contributed by atoms with E-state index in [9.17, 15) is 23.1 Å². The van der Waals surface area contributed by atoms with Crippen molar-refractivity contribution in [2.75, 3.05) is 20.7 Å². The predicted molar refractivity (Wildman–Crippen MR) is 139 cm³/mol. The Morgan fingerprint density at radius 1 is 0.902 bits per heavy atom. The molecule has 0 spiro atoms. The smallest absolute Gasteiger partial charge is 0.432 e. The van der Waals surface area contributed by atoms with Crippen LogP contribution in [0.2, 0.25) is 0 Å². The summed E-state index contributed by atoms with van der Waals surface area (Å²) in [5, 5.41) is 10.6. The highest BCUT2D eigenvalue weighted by Gasteiger charge is 2.64. The monoisotopic (exact) mass is 574 g/mol. The van der Waals surface area contributed by atoms with Crippen molar-refractivity contribution in [3.05, 3.63) is 77.4 Å². The number of methoxy groups -OCH3 is 1. The SMILES string of the molecule is CO[C@@](C(=O)O[C@H](c1ccc2c(c1)OCO2)[C@H](C)[C@@H](C)Cc1cc2c(cc1O)OCO2)(c1ccccc1)C(F)(F)F. The second kappa shape index (κ2) is 11.0. The molecule has 0 aliphatic carbocycles. The van der Waals surface area contributed by atoms with Gasteiger partial charge >= 0.3 is 12.1 Å². The molecule has 0 aromatic heterocycles. The standard InChI is InChI=1S/C30H29F3O8/c1-17(11-20-13-25-26(14-22(20)34)40-16-39-25)18(2)27(19-9-10-23-24(12-19)38-15-37-23)41-28(35)29(36-3,30(31,32)33)21-7-5-4-6-8-21/h4-10,12-14,17-18,27,34H,11,15-16H2,1-3H3/t17-,18+,27-,29+/m0/s1. The molecule has 0 bridgehead atoms. The molecule has 11 heteroatoms. The quantitative estimate of drug-likeness (QED) is 0.309. The van der Waals surface area contributed by atoms with Gasteiger partial charge in [0.1, 0.15) is 11.9 Å². The van der Waals surface area contributed by atoms with E-state index < -0.39 is 35.3 Å². The Morgan fingerprint density at radius 2 is 1.51 bits per heavy atom. The minimum Gasteiger partial charge on any atom is -0.508 e. The number of benzene rings is 3. The first kappa shape index (κ1) is 28.4. The number of ether oxygens (including phenoxy) is 6. The lowest BCUT2D eigenvalue weighted by Crippen LogP contribution is -2.52.